The van der Waals surface area contributed by atoms with E-state index in [1.165, 1.54) is 0 Å². The number of methoxy groups -OCH3 is 1. The van der Waals surface area contributed by atoms with Crippen molar-refractivity contribution in [2.45, 2.75) is 38.8 Å². The van der Waals surface area contributed by atoms with Crippen molar-refractivity contribution in [3.8, 4) is 0 Å². The lowest BCUT2D eigenvalue weighted by Gasteiger charge is -2.08. The van der Waals surface area contributed by atoms with E-state index in [0.29, 0.717) is 31.7 Å². The van der Waals surface area contributed by atoms with Gasteiger partial charge in [-0.2, -0.15) is 0 Å². The highest BCUT2D eigenvalue weighted by Gasteiger charge is 2.16. The van der Waals surface area contributed by atoms with Gasteiger partial charge < -0.3 is 15.6 Å². The molecule has 0 aromatic carbocycles. The van der Waals surface area contributed by atoms with Gasteiger partial charge in [0.1, 0.15) is 0 Å². The molecule has 1 rings (SSSR count). The van der Waals surface area contributed by atoms with Gasteiger partial charge in [-0.1, -0.05) is 5.21 Å². The van der Waals surface area contributed by atoms with Crippen molar-refractivity contribution in [3.05, 3.63) is 11.4 Å². The van der Waals surface area contributed by atoms with Crippen LogP contribution >= 0.6 is 0 Å². The fraction of sp³-hybridized carbons (Fsp3) is 0.727. The molecular formula is C11H20N4O3. The zero-order valence-electron chi connectivity index (χ0n) is 10.8. The number of nitrogens with zero attached hydrogens (tertiary/aromatic N) is 3. The Hall–Kier alpha value is -1.47. The monoisotopic (exact) mass is 256 g/mol. The number of aryl methyl sites for hydroxylation is 1. The summed E-state index contributed by atoms with van der Waals surface area (Å²) < 4.78 is 6.64. The Morgan fingerprint density at radius 3 is 2.89 bits per heavy atom. The maximum atomic E-state index is 11.2. The predicted octanol–water partition coefficient (Wildman–Crippen LogP) is -0.273. The van der Waals surface area contributed by atoms with Crippen molar-refractivity contribution in [1.82, 2.24) is 15.0 Å². The standard InChI is InChI=1S/C11H20N4O3/c1-8(16)4-3-6-15-9(5-7-18-2)10(11(12)17)13-14-15/h8,16H,3-7H2,1-2H3,(H2,12,17). The molecule has 102 valence electrons. The van der Waals surface area contributed by atoms with Gasteiger partial charge in [0.15, 0.2) is 5.69 Å². The summed E-state index contributed by atoms with van der Waals surface area (Å²) in [7, 11) is 1.59. The highest BCUT2D eigenvalue weighted by molar-refractivity contribution is 5.91. The van der Waals surface area contributed by atoms with Gasteiger partial charge in [-0.15, -0.1) is 5.10 Å². The summed E-state index contributed by atoms with van der Waals surface area (Å²) >= 11 is 0. The lowest BCUT2D eigenvalue weighted by atomic mass is 10.2. The summed E-state index contributed by atoms with van der Waals surface area (Å²) in [6, 6.07) is 0. The van der Waals surface area contributed by atoms with Crippen LogP contribution in [-0.2, 0) is 17.7 Å². The molecule has 3 N–H and O–H groups in total. The maximum absolute atomic E-state index is 11.2. The van der Waals surface area contributed by atoms with E-state index in [1.807, 2.05) is 0 Å². The van der Waals surface area contributed by atoms with E-state index in [4.69, 9.17) is 10.5 Å². The number of amides is 1. The predicted molar refractivity (Wildman–Crippen MR) is 65.0 cm³/mol. The van der Waals surface area contributed by atoms with Crippen LogP contribution in [0.1, 0.15) is 35.9 Å². The summed E-state index contributed by atoms with van der Waals surface area (Å²) in [6.45, 7) is 2.82. The maximum Gasteiger partial charge on any atom is 0.271 e. The minimum absolute atomic E-state index is 0.198. The van der Waals surface area contributed by atoms with Gasteiger partial charge in [0.2, 0.25) is 0 Å². The first-order chi connectivity index (χ1) is 8.56. The van der Waals surface area contributed by atoms with E-state index in [9.17, 15) is 9.90 Å². The number of aliphatic hydroxyl groups excluding tert-OH is 1. The van der Waals surface area contributed by atoms with Crippen molar-refractivity contribution in [3.63, 3.8) is 0 Å². The normalized spacial score (nSPS) is 12.6. The average molecular weight is 256 g/mol. The van der Waals surface area contributed by atoms with Crippen LogP contribution in [0.5, 0.6) is 0 Å². The summed E-state index contributed by atoms with van der Waals surface area (Å²) in [4.78, 5) is 11.2. The van der Waals surface area contributed by atoms with E-state index >= 15 is 0 Å². The van der Waals surface area contributed by atoms with E-state index in [0.717, 1.165) is 6.42 Å². The first kappa shape index (κ1) is 14.6. The van der Waals surface area contributed by atoms with Crippen molar-refractivity contribution in [2.75, 3.05) is 13.7 Å². The smallest absolute Gasteiger partial charge is 0.271 e. The number of aliphatic hydroxyl groups is 1. The number of hydrogen-bond donors (Lipinski definition) is 2. The Morgan fingerprint density at radius 1 is 1.61 bits per heavy atom. The SMILES string of the molecule is COCCc1c(C(N)=O)nnn1CCCC(C)O. The van der Waals surface area contributed by atoms with Gasteiger partial charge in [-0.25, -0.2) is 4.68 Å². The lowest BCUT2D eigenvalue weighted by molar-refractivity contribution is 0.0994. The van der Waals surface area contributed by atoms with Crippen molar-refractivity contribution in [1.29, 1.82) is 0 Å². The van der Waals surface area contributed by atoms with Gasteiger partial charge in [0, 0.05) is 20.1 Å². The molecule has 1 aromatic rings. The van der Waals surface area contributed by atoms with Crippen LogP contribution < -0.4 is 5.73 Å². The lowest BCUT2D eigenvalue weighted by Crippen LogP contribution is -2.17. The number of hydrogen-bond acceptors (Lipinski definition) is 5. The third-order valence-electron chi connectivity index (χ3n) is 2.61. The second-order valence-corrected chi connectivity index (χ2v) is 4.21. The molecular weight excluding hydrogens is 236 g/mol. The zero-order valence-corrected chi connectivity index (χ0v) is 10.8. The van der Waals surface area contributed by atoms with Crippen LogP contribution in [0.25, 0.3) is 0 Å². The third kappa shape index (κ3) is 4.08. The van der Waals surface area contributed by atoms with E-state index in [2.05, 4.69) is 10.3 Å². The topological polar surface area (TPSA) is 103 Å². The summed E-state index contributed by atoms with van der Waals surface area (Å²) in [5.74, 6) is -0.581. The van der Waals surface area contributed by atoms with Gasteiger partial charge in [0.05, 0.1) is 18.4 Å². The number of ether oxygens (including phenoxy) is 1. The third-order valence-corrected chi connectivity index (χ3v) is 2.61. The van der Waals surface area contributed by atoms with Crippen LogP contribution in [0.4, 0.5) is 0 Å². The minimum Gasteiger partial charge on any atom is -0.393 e. The molecule has 0 radical (unpaired) electrons. The summed E-state index contributed by atoms with van der Waals surface area (Å²) in [5, 5.41) is 16.9. The molecule has 18 heavy (non-hydrogen) atoms. The molecule has 0 fully saturated rings. The number of nitrogens with two attached hydrogens (primary N) is 1. The summed E-state index contributed by atoms with van der Waals surface area (Å²) in [5.41, 5.74) is 6.13. The highest BCUT2D eigenvalue weighted by Crippen LogP contribution is 2.08. The Kier molecular flexibility index (Phi) is 5.73. The van der Waals surface area contributed by atoms with Crippen LogP contribution in [-0.4, -0.2) is 45.8 Å². The molecule has 7 heteroatoms. The molecule has 0 saturated heterocycles. The van der Waals surface area contributed by atoms with Gasteiger partial charge in [-0.3, -0.25) is 4.79 Å². The molecule has 1 unspecified atom stereocenters. The highest BCUT2D eigenvalue weighted by atomic mass is 16.5. The Bertz CT molecular complexity index is 390. The molecule has 1 heterocycles. The molecule has 1 atom stereocenters. The minimum atomic E-state index is -0.581. The first-order valence-corrected chi connectivity index (χ1v) is 5.95. The van der Waals surface area contributed by atoms with E-state index in [1.54, 1.807) is 18.7 Å². The van der Waals surface area contributed by atoms with Gasteiger partial charge >= 0.3 is 0 Å². The van der Waals surface area contributed by atoms with Crippen LogP contribution in [0.15, 0.2) is 0 Å². The number of rotatable bonds is 8. The second kappa shape index (κ2) is 7.07. The van der Waals surface area contributed by atoms with E-state index < -0.39 is 5.91 Å². The second-order valence-electron chi connectivity index (χ2n) is 4.21. The van der Waals surface area contributed by atoms with Crippen LogP contribution in [0.3, 0.4) is 0 Å². The van der Waals surface area contributed by atoms with Gasteiger partial charge in [0.25, 0.3) is 5.91 Å². The number of carbonyl (C=O) groups excluding carboxylic acids is 1. The van der Waals surface area contributed by atoms with Crippen LogP contribution in [0, 0.1) is 0 Å². The number of carbonyl (C=O) groups is 1. The Morgan fingerprint density at radius 2 is 2.33 bits per heavy atom. The van der Waals surface area contributed by atoms with Gasteiger partial charge in [-0.05, 0) is 19.8 Å². The van der Waals surface area contributed by atoms with Crippen LogP contribution in [0.2, 0.25) is 0 Å². The molecule has 0 spiro atoms. The largest absolute Gasteiger partial charge is 0.393 e. The molecule has 0 aliphatic carbocycles. The fourth-order valence-electron chi connectivity index (χ4n) is 1.69. The van der Waals surface area contributed by atoms with Crippen molar-refractivity contribution < 1.29 is 14.6 Å². The molecule has 7 nitrogen and oxygen atoms in total. The number of primary amides is 1. The van der Waals surface area contributed by atoms with Crippen molar-refractivity contribution >= 4 is 5.91 Å². The van der Waals surface area contributed by atoms with E-state index in [-0.39, 0.29) is 11.8 Å². The Labute approximate surface area is 106 Å². The molecule has 0 aliphatic rings. The quantitative estimate of drug-likeness (QED) is 0.666. The first-order valence-electron chi connectivity index (χ1n) is 5.95. The molecule has 1 amide bonds. The zero-order chi connectivity index (χ0) is 13.5. The van der Waals surface area contributed by atoms with Crippen molar-refractivity contribution in [2.24, 2.45) is 5.73 Å². The molecule has 1 aromatic heterocycles. The fourth-order valence-corrected chi connectivity index (χ4v) is 1.69. The average Bonchev–Trinajstić information content (AvgIpc) is 2.69. The Balaban J connectivity index is 2.73. The number of aromatic nitrogens is 3. The molecule has 0 saturated carbocycles. The molecule has 0 bridgehead atoms. The summed E-state index contributed by atoms with van der Waals surface area (Å²) in [6.07, 6.45) is 1.64. The molecule has 0 aliphatic heterocycles.